The van der Waals surface area contributed by atoms with E-state index in [0.717, 1.165) is 12.2 Å². The van der Waals surface area contributed by atoms with Gasteiger partial charge in [-0.25, -0.2) is 8.42 Å². The molecule has 0 amide bonds. The number of carboxylic acids is 1. The molecule has 4 nitrogen and oxygen atoms in total. The summed E-state index contributed by atoms with van der Waals surface area (Å²) in [5.41, 5.74) is -5.16. The predicted molar refractivity (Wildman–Crippen MR) is 83.0 cm³/mol. The highest BCUT2D eigenvalue weighted by atomic mass is 35.5. The van der Waals surface area contributed by atoms with Gasteiger partial charge in [0.15, 0.2) is 0 Å². The zero-order valence-corrected chi connectivity index (χ0v) is 13.8. The van der Waals surface area contributed by atoms with Crippen LogP contribution in [-0.4, -0.2) is 36.6 Å². The lowest BCUT2D eigenvalue weighted by molar-refractivity contribution is -0.140. The Labute approximate surface area is 138 Å². The maximum atomic E-state index is 12.2. The van der Waals surface area contributed by atoms with Gasteiger partial charge in [-0.3, -0.25) is 4.79 Å². The van der Waals surface area contributed by atoms with Gasteiger partial charge in [0.1, 0.15) is 0 Å². The Morgan fingerprint density at radius 2 is 1.91 bits per heavy atom. The Bertz CT molecular complexity index is 565. The Kier molecular flexibility index (Phi) is 9.23. The lowest BCUT2D eigenvalue weighted by atomic mass is 9.92. The zero-order valence-electron chi connectivity index (χ0n) is 12.2. The summed E-state index contributed by atoms with van der Waals surface area (Å²) in [6, 6.07) is 0. The van der Waals surface area contributed by atoms with Gasteiger partial charge in [0, 0.05) is 5.88 Å². The number of hydrogen-bond donors (Lipinski definition) is 1. The fraction of sp³-hybridized carbons (Fsp3) is 0.500. The Morgan fingerprint density at radius 3 is 2.35 bits per heavy atom. The quantitative estimate of drug-likeness (QED) is 0.359. The molecule has 0 spiro atoms. The molecule has 0 aromatic heterocycles. The van der Waals surface area contributed by atoms with Crippen LogP contribution in [0.25, 0.3) is 0 Å². The fourth-order valence-electron chi connectivity index (χ4n) is 1.70. The third kappa shape index (κ3) is 7.69. The number of allylic oxidation sites excluding steroid dienone is 3. The first-order valence-electron chi connectivity index (χ1n) is 6.63. The summed E-state index contributed by atoms with van der Waals surface area (Å²) in [6.45, 7) is 3.41. The lowest BCUT2D eigenvalue weighted by Gasteiger charge is -2.13. The van der Waals surface area contributed by atoms with Crippen molar-refractivity contribution in [2.45, 2.75) is 24.8 Å². The van der Waals surface area contributed by atoms with E-state index in [4.69, 9.17) is 11.6 Å². The highest BCUT2D eigenvalue weighted by Gasteiger charge is 2.44. The lowest BCUT2D eigenvalue weighted by Crippen LogP contribution is -2.25. The number of aliphatic carboxylic acids is 1. The van der Waals surface area contributed by atoms with Crippen LogP contribution in [0.2, 0.25) is 0 Å². The first kappa shape index (κ1) is 21.7. The highest BCUT2D eigenvalue weighted by molar-refractivity contribution is 7.92. The maximum absolute atomic E-state index is 12.2. The molecule has 1 N–H and O–H groups in total. The number of sulfone groups is 1. The number of carboxylic acid groups (broad SMARTS) is 1. The average molecular weight is 375 g/mol. The van der Waals surface area contributed by atoms with Gasteiger partial charge in [-0.1, -0.05) is 37.3 Å². The van der Waals surface area contributed by atoms with Crippen molar-refractivity contribution in [1.82, 2.24) is 0 Å². The van der Waals surface area contributed by atoms with E-state index < -0.39 is 33.0 Å². The summed E-state index contributed by atoms with van der Waals surface area (Å²) in [4.78, 5) is 11.3. The first-order valence-corrected chi connectivity index (χ1v) is 8.82. The molecule has 1 atom stereocenters. The SMILES string of the molecule is C=C/C=C(\C=C/CS(=O)(=O)C(F)(F)F)C(CCCCCl)C(=O)O. The highest BCUT2D eigenvalue weighted by Crippen LogP contribution is 2.25. The minimum absolute atomic E-state index is 0.180. The summed E-state index contributed by atoms with van der Waals surface area (Å²) >= 11 is 5.52. The minimum atomic E-state index is -5.34. The van der Waals surface area contributed by atoms with Gasteiger partial charge < -0.3 is 5.11 Å². The fourth-order valence-corrected chi connectivity index (χ4v) is 2.43. The molecule has 0 saturated heterocycles. The maximum Gasteiger partial charge on any atom is 0.497 e. The van der Waals surface area contributed by atoms with E-state index in [-0.39, 0.29) is 12.0 Å². The van der Waals surface area contributed by atoms with Crippen LogP contribution in [0, 0.1) is 5.92 Å². The summed E-state index contributed by atoms with van der Waals surface area (Å²) in [5, 5.41) is 9.22. The van der Waals surface area contributed by atoms with Crippen molar-refractivity contribution in [3.8, 4) is 0 Å². The molecule has 0 aromatic rings. The van der Waals surface area contributed by atoms with Gasteiger partial charge in [0.05, 0.1) is 11.7 Å². The summed E-state index contributed by atoms with van der Waals surface area (Å²) in [7, 11) is -5.28. The molecule has 0 bridgehead atoms. The molecule has 0 radical (unpaired) electrons. The van der Waals surface area contributed by atoms with E-state index in [1.165, 1.54) is 12.2 Å². The third-order valence-corrected chi connectivity index (χ3v) is 4.47. The smallest absolute Gasteiger partial charge is 0.481 e. The van der Waals surface area contributed by atoms with Gasteiger partial charge in [-0.15, -0.1) is 11.6 Å². The van der Waals surface area contributed by atoms with Crippen LogP contribution in [0.3, 0.4) is 0 Å². The van der Waals surface area contributed by atoms with Gasteiger partial charge in [0.25, 0.3) is 9.84 Å². The molecule has 1 unspecified atom stereocenters. The van der Waals surface area contributed by atoms with E-state index in [1.54, 1.807) is 0 Å². The Balaban J connectivity index is 5.17. The number of carbonyl (C=O) groups is 1. The van der Waals surface area contributed by atoms with Crippen LogP contribution in [-0.2, 0) is 14.6 Å². The van der Waals surface area contributed by atoms with Gasteiger partial charge >= 0.3 is 11.5 Å². The van der Waals surface area contributed by atoms with Crippen LogP contribution in [0.5, 0.6) is 0 Å². The first-order chi connectivity index (χ1) is 10.6. The Morgan fingerprint density at radius 1 is 1.30 bits per heavy atom. The van der Waals surface area contributed by atoms with Crippen molar-refractivity contribution in [3.05, 3.63) is 36.5 Å². The van der Waals surface area contributed by atoms with Crippen molar-refractivity contribution in [3.63, 3.8) is 0 Å². The number of alkyl halides is 4. The summed E-state index contributed by atoms with van der Waals surface area (Å²) in [6.07, 6.45) is 5.83. The van der Waals surface area contributed by atoms with E-state index in [1.807, 2.05) is 0 Å². The van der Waals surface area contributed by atoms with Crippen molar-refractivity contribution in [1.29, 1.82) is 0 Å². The van der Waals surface area contributed by atoms with E-state index in [9.17, 15) is 31.5 Å². The molecule has 0 aliphatic rings. The van der Waals surface area contributed by atoms with Crippen LogP contribution in [0.15, 0.2) is 36.5 Å². The molecule has 132 valence electrons. The predicted octanol–water partition coefficient (Wildman–Crippen LogP) is 3.70. The second kappa shape index (κ2) is 9.77. The molecule has 0 aromatic carbocycles. The molecule has 0 heterocycles. The topological polar surface area (TPSA) is 71.4 Å². The molecular formula is C14H18ClF3O4S. The van der Waals surface area contributed by atoms with Crippen LogP contribution in [0.1, 0.15) is 19.3 Å². The van der Waals surface area contributed by atoms with Crippen molar-refractivity contribution >= 4 is 27.4 Å². The number of rotatable bonds is 10. The third-order valence-electron chi connectivity index (χ3n) is 2.87. The monoisotopic (exact) mass is 374 g/mol. The van der Waals surface area contributed by atoms with Gasteiger partial charge in [0.2, 0.25) is 0 Å². The van der Waals surface area contributed by atoms with Crippen molar-refractivity contribution < 1.29 is 31.5 Å². The van der Waals surface area contributed by atoms with Crippen molar-refractivity contribution in [2.24, 2.45) is 5.92 Å². The largest absolute Gasteiger partial charge is 0.497 e. The molecule has 0 saturated carbocycles. The van der Waals surface area contributed by atoms with E-state index in [0.29, 0.717) is 18.7 Å². The second-order valence-electron chi connectivity index (χ2n) is 4.61. The average Bonchev–Trinajstić information content (AvgIpc) is 2.41. The molecule has 23 heavy (non-hydrogen) atoms. The van der Waals surface area contributed by atoms with Crippen LogP contribution in [0.4, 0.5) is 13.2 Å². The van der Waals surface area contributed by atoms with Crippen LogP contribution < -0.4 is 0 Å². The van der Waals surface area contributed by atoms with Gasteiger partial charge in [-0.05, 0) is 18.4 Å². The number of hydrogen-bond acceptors (Lipinski definition) is 3. The normalized spacial score (nSPS) is 14.9. The number of halogens is 4. The molecule has 0 aliphatic carbocycles. The molecule has 9 heteroatoms. The molecule has 0 rings (SSSR count). The second-order valence-corrected chi connectivity index (χ2v) is 7.01. The molecule has 0 fully saturated rings. The number of unbranched alkanes of at least 4 members (excludes halogenated alkanes) is 1. The van der Waals surface area contributed by atoms with Crippen LogP contribution >= 0.6 is 11.6 Å². The van der Waals surface area contributed by atoms with E-state index in [2.05, 4.69) is 6.58 Å². The van der Waals surface area contributed by atoms with Gasteiger partial charge in [-0.2, -0.15) is 13.2 Å². The van der Waals surface area contributed by atoms with E-state index >= 15 is 0 Å². The zero-order chi connectivity index (χ0) is 18.1. The Hall–Kier alpha value is -1.28. The molecular weight excluding hydrogens is 357 g/mol. The standard InChI is InChI=1S/C14H18ClF3O4S/c1-2-6-11(12(13(19)20)8-3-4-9-15)7-5-10-23(21,22)14(16,17)18/h2,5-7,12H,1,3-4,8-10H2,(H,19,20)/b7-5-,11-6+. The molecule has 0 aliphatic heterocycles. The summed E-state index contributed by atoms with van der Waals surface area (Å²) < 4.78 is 58.6. The summed E-state index contributed by atoms with van der Waals surface area (Å²) in [5.74, 6) is -3.01. The van der Waals surface area contributed by atoms with Crippen molar-refractivity contribution in [2.75, 3.05) is 11.6 Å². The minimum Gasteiger partial charge on any atom is -0.481 e.